The molecule has 0 fully saturated rings. The summed E-state index contributed by atoms with van der Waals surface area (Å²) in [5.74, 6) is 1.16. The van der Waals surface area contributed by atoms with E-state index in [1.807, 2.05) is 6.07 Å². The van der Waals surface area contributed by atoms with Gasteiger partial charge in [0.1, 0.15) is 0 Å². The Morgan fingerprint density at radius 3 is 2.89 bits per heavy atom. The number of aryl methyl sites for hydroxylation is 2. The lowest BCUT2D eigenvalue weighted by atomic mass is 10.1. The minimum absolute atomic E-state index is 0.157. The predicted octanol–water partition coefficient (Wildman–Crippen LogP) is 3.65. The largest absolute Gasteiger partial charge is 0.454 e. The molecule has 1 aliphatic heterocycles. The second-order valence-electron chi connectivity index (χ2n) is 6.33. The molecule has 4 aromatic rings. The van der Waals surface area contributed by atoms with Crippen LogP contribution in [0, 0.1) is 6.92 Å². The Balaban J connectivity index is 1.65. The van der Waals surface area contributed by atoms with E-state index in [2.05, 4.69) is 41.4 Å². The lowest BCUT2D eigenvalue weighted by Crippen LogP contribution is -2.15. The standard InChI is InChI=1S/C19H16N4O3S/c1-3-11-6-4-5-10(2)16(11)21-18-22-23-17(24)12-7-14-15(26-9-25-14)8-13(12)20-19(23)27-18/h4-8H,3,9H2,1-2H3,(H,21,22). The van der Waals surface area contributed by atoms with Crippen LogP contribution in [-0.4, -0.2) is 21.4 Å². The molecule has 0 unspecified atom stereocenters. The Morgan fingerprint density at radius 1 is 1.26 bits per heavy atom. The molecule has 136 valence electrons. The number of fused-ring (bicyclic) bond motifs is 3. The van der Waals surface area contributed by atoms with Crippen LogP contribution in [0.5, 0.6) is 11.5 Å². The normalized spacial score (nSPS) is 12.8. The van der Waals surface area contributed by atoms with Crippen molar-refractivity contribution in [3.05, 3.63) is 51.8 Å². The van der Waals surface area contributed by atoms with E-state index < -0.39 is 0 Å². The minimum Gasteiger partial charge on any atom is -0.454 e. The van der Waals surface area contributed by atoms with Crippen molar-refractivity contribution < 1.29 is 9.47 Å². The van der Waals surface area contributed by atoms with Gasteiger partial charge in [-0.25, -0.2) is 4.98 Å². The molecular formula is C19H16N4O3S. The molecule has 1 N–H and O–H groups in total. The molecule has 0 saturated heterocycles. The fourth-order valence-corrected chi connectivity index (χ4v) is 4.06. The molecule has 0 amide bonds. The molecule has 0 radical (unpaired) electrons. The Bertz CT molecular complexity index is 1260. The van der Waals surface area contributed by atoms with E-state index in [9.17, 15) is 4.79 Å². The molecule has 1 aliphatic rings. The molecule has 0 spiro atoms. The summed E-state index contributed by atoms with van der Waals surface area (Å²) in [4.78, 5) is 18.0. The first-order valence-corrected chi connectivity index (χ1v) is 9.44. The van der Waals surface area contributed by atoms with E-state index in [-0.39, 0.29) is 12.4 Å². The minimum atomic E-state index is -0.224. The average molecular weight is 380 g/mol. The molecular weight excluding hydrogens is 364 g/mol. The first kappa shape index (κ1) is 16.1. The molecule has 7 nitrogen and oxygen atoms in total. The zero-order valence-electron chi connectivity index (χ0n) is 14.8. The Hall–Kier alpha value is -3.13. The highest BCUT2D eigenvalue weighted by atomic mass is 32.1. The van der Waals surface area contributed by atoms with Gasteiger partial charge in [0.05, 0.1) is 10.9 Å². The number of para-hydroxylation sites is 1. The van der Waals surface area contributed by atoms with E-state index >= 15 is 0 Å². The maximum absolute atomic E-state index is 12.9. The van der Waals surface area contributed by atoms with E-state index in [0.29, 0.717) is 32.5 Å². The van der Waals surface area contributed by atoms with Crippen molar-refractivity contribution in [2.45, 2.75) is 20.3 Å². The van der Waals surface area contributed by atoms with Crippen LogP contribution in [-0.2, 0) is 6.42 Å². The number of ether oxygens (including phenoxy) is 2. The number of rotatable bonds is 3. The van der Waals surface area contributed by atoms with E-state index in [1.54, 1.807) is 12.1 Å². The molecule has 0 saturated carbocycles. The maximum atomic E-state index is 12.9. The summed E-state index contributed by atoms with van der Waals surface area (Å²) in [6, 6.07) is 9.59. The lowest BCUT2D eigenvalue weighted by molar-refractivity contribution is 0.174. The third-order valence-corrected chi connectivity index (χ3v) is 5.49. The number of benzene rings is 2. The highest BCUT2D eigenvalue weighted by molar-refractivity contribution is 7.20. The number of anilines is 2. The summed E-state index contributed by atoms with van der Waals surface area (Å²) in [5, 5.41) is 8.89. The number of hydrogen-bond acceptors (Lipinski definition) is 7. The molecule has 3 heterocycles. The summed E-state index contributed by atoms with van der Waals surface area (Å²) in [6.45, 7) is 4.32. The van der Waals surface area contributed by atoms with Crippen molar-refractivity contribution in [3.63, 3.8) is 0 Å². The number of aromatic nitrogens is 3. The highest BCUT2D eigenvalue weighted by Crippen LogP contribution is 2.35. The number of nitrogens with zero attached hydrogens (tertiary/aromatic N) is 3. The Morgan fingerprint density at radius 2 is 2.07 bits per heavy atom. The third-order valence-electron chi connectivity index (χ3n) is 4.66. The maximum Gasteiger partial charge on any atom is 0.283 e. The van der Waals surface area contributed by atoms with E-state index in [0.717, 1.165) is 17.7 Å². The smallest absolute Gasteiger partial charge is 0.283 e. The van der Waals surface area contributed by atoms with Gasteiger partial charge in [0.15, 0.2) is 11.5 Å². The van der Waals surface area contributed by atoms with Gasteiger partial charge < -0.3 is 14.8 Å². The molecule has 0 bridgehead atoms. The fourth-order valence-electron chi connectivity index (χ4n) is 3.26. The van der Waals surface area contributed by atoms with E-state index in [4.69, 9.17) is 9.47 Å². The molecule has 27 heavy (non-hydrogen) atoms. The van der Waals surface area contributed by atoms with Crippen LogP contribution in [0.4, 0.5) is 10.8 Å². The van der Waals surface area contributed by atoms with Crippen LogP contribution >= 0.6 is 11.3 Å². The molecule has 2 aromatic heterocycles. The second-order valence-corrected chi connectivity index (χ2v) is 7.28. The van der Waals surface area contributed by atoms with Gasteiger partial charge in [0.2, 0.25) is 16.9 Å². The van der Waals surface area contributed by atoms with Crippen LogP contribution in [0.3, 0.4) is 0 Å². The van der Waals surface area contributed by atoms with Gasteiger partial charge in [0, 0.05) is 11.8 Å². The Kier molecular flexibility index (Phi) is 3.54. The zero-order chi connectivity index (χ0) is 18.5. The van der Waals surface area contributed by atoms with Crippen LogP contribution in [0.25, 0.3) is 15.9 Å². The second kappa shape index (κ2) is 5.95. The predicted molar refractivity (Wildman–Crippen MR) is 105 cm³/mol. The average Bonchev–Trinajstić information content (AvgIpc) is 3.28. The molecule has 5 rings (SSSR count). The van der Waals surface area contributed by atoms with Crippen molar-refractivity contribution in [1.29, 1.82) is 0 Å². The van der Waals surface area contributed by atoms with Crippen molar-refractivity contribution in [2.75, 3.05) is 12.1 Å². The molecule has 0 atom stereocenters. The molecule has 8 heteroatoms. The van der Waals surface area contributed by atoms with Crippen molar-refractivity contribution in [3.8, 4) is 11.5 Å². The summed E-state index contributed by atoms with van der Waals surface area (Å²) in [6.07, 6.45) is 0.905. The summed E-state index contributed by atoms with van der Waals surface area (Å²) < 4.78 is 12.1. The van der Waals surface area contributed by atoms with Crippen LogP contribution in [0.15, 0.2) is 35.1 Å². The van der Waals surface area contributed by atoms with Crippen LogP contribution < -0.4 is 20.3 Å². The van der Waals surface area contributed by atoms with Gasteiger partial charge >= 0.3 is 0 Å². The van der Waals surface area contributed by atoms with Crippen molar-refractivity contribution >= 4 is 38.0 Å². The molecule has 0 aliphatic carbocycles. The zero-order valence-corrected chi connectivity index (χ0v) is 15.6. The first-order valence-electron chi connectivity index (χ1n) is 8.63. The molecule has 2 aromatic carbocycles. The quantitative estimate of drug-likeness (QED) is 0.585. The third kappa shape index (κ3) is 2.52. The van der Waals surface area contributed by atoms with Crippen LogP contribution in [0.2, 0.25) is 0 Å². The lowest BCUT2D eigenvalue weighted by Gasteiger charge is -2.11. The summed E-state index contributed by atoms with van der Waals surface area (Å²) in [5.41, 5.74) is 3.70. The van der Waals surface area contributed by atoms with Gasteiger partial charge in [0.25, 0.3) is 5.56 Å². The van der Waals surface area contributed by atoms with Crippen LogP contribution in [0.1, 0.15) is 18.1 Å². The highest BCUT2D eigenvalue weighted by Gasteiger charge is 2.19. The van der Waals surface area contributed by atoms with Crippen molar-refractivity contribution in [1.82, 2.24) is 14.6 Å². The first-order chi connectivity index (χ1) is 13.1. The van der Waals surface area contributed by atoms with Gasteiger partial charge in [-0.1, -0.05) is 36.5 Å². The summed E-state index contributed by atoms with van der Waals surface area (Å²) >= 11 is 1.34. The number of nitrogens with one attached hydrogen (secondary N) is 1. The summed E-state index contributed by atoms with van der Waals surface area (Å²) in [7, 11) is 0. The SMILES string of the molecule is CCc1cccc(C)c1Nc1nn2c(=O)c3cc4c(cc3nc2s1)OCO4. The van der Waals surface area contributed by atoms with E-state index in [1.165, 1.54) is 21.4 Å². The van der Waals surface area contributed by atoms with Gasteiger partial charge in [-0.15, -0.1) is 5.10 Å². The van der Waals surface area contributed by atoms with Gasteiger partial charge in [-0.2, -0.15) is 4.52 Å². The van der Waals surface area contributed by atoms with Gasteiger partial charge in [-0.05, 0) is 30.5 Å². The topological polar surface area (TPSA) is 77.8 Å². The monoisotopic (exact) mass is 380 g/mol. The van der Waals surface area contributed by atoms with Crippen molar-refractivity contribution in [2.24, 2.45) is 0 Å². The Labute approximate surface area is 158 Å². The fraction of sp³-hybridized carbons (Fsp3) is 0.211. The van der Waals surface area contributed by atoms with Gasteiger partial charge in [-0.3, -0.25) is 4.79 Å². The number of hydrogen-bond donors (Lipinski definition) is 1.